The number of likely N-dealkylation sites (N-methyl/N-ethyl adjacent to an activating group) is 1. The number of rotatable bonds is 5. The van der Waals surface area contributed by atoms with Crippen molar-refractivity contribution in [1.82, 2.24) is 29.9 Å². The summed E-state index contributed by atoms with van der Waals surface area (Å²) >= 11 is 0. The number of ether oxygens (including phenoxy) is 1. The highest BCUT2D eigenvalue weighted by atomic mass is 16.5. The number of piperazine rings is 1. The molecule has 1 N–H and O–H groups in total. The second-order valence-electron chi connectivity index (χ2n) is 8.24. The van der Waals surface area contributed by atoms with Gasteiger partial charge in [0.05, 0.1) is 25.9 Å². The number of aromatic nitrogens is 3. The molecule has 31 heavy (non-hydrogen) atoms. The summed E-state index contributed by atoms with van der Waals surface area (Å²) in [6.07, 6.45) is 5.82. The third-order valence-corrected chi connectivity index (χ3v) is 5.85. The summed E-state index contributed by atoms with van der Waals surface area (Å²) in [5.41, 5.74) is 2.28. The Hall–Kier alpha value is -2.65. The maximum Gasteiger partial charge on any atom is 0.194 e. The predicted molar refractivity (Wildman–Crippen MR) is 122 cm³/mol. The number of anilines is 1. The summed E-state index contributed by atoms with van der Waals surface area (Å²) in [6, 6.07) is 4.24. The van der Waals surface area contributed by atoms with E-state index in [4.69, 9.17) is 9.73 Å². The van der Waals surface area contributed by atoms with Crippen LogP contribution in [0.25, 0.3) is 0 Å². The summed E-state index contributed by atoms with van der Waals surface area (Å²) < 4.78 is 7.81. The highest BCUT2D eigenvalue weighted by Gasteiger charge is 2.25. The normalized spacial score (nSPS) is 20.9. The predicted octanol–water partition coefficient (Wildman–Crippen LogP) is 1.11. The Morgan fingerprint density at radius 1 is 1.23 bits per heavy atom. The molecule has 4 rings (SSSR count). The lowest BCUT2D eigenvalue weighted by Gasteiger charge is -2.35. The van der Waals surface area contributed by atoms with Gasteiger partial charge in [-0.15, -0.1) is 0 Å². The zero-order chi connectivity index (χ0) is 21.6. The highest BCUT2D eigenvalue weighted by Crippen LogP contribution is 2.22. The number of aliphatic imine (C=N–C) groups is 1. The van der Waals surface area contributed by atoms with Crippen LogP contribution in [0.1, 0.15) is 24.2 Å². The van der Waals surface area contributed by atoms with Crippen LogP contribution in [-0.4, -0.2) is 90.0 Å². The van der Waals surface area contributed by atoms with E-state index in [2.05, 4.69) is 56.2 Å². The monoisotopic (exact) mass is 426 g/mol. The van der Waals surface area contributed by atoms with Gasteiger partial charge in [-0.25, -0.2) is 9.98 Å². The second kappa shape index (κ2) is 10.1. The van der Waals surface area contributed by atoms with Gasteiger partial charge >= 0.3 is 0 Å². The molecule has 0 bridgehead atoms. The smallest absolute Gasteiger partial charge is 0.194 e. The Morgan fingerprint density at radius 2 is 2.06 bits per heavy atom. The lowest BCUT2D eigenvalue weighted by molar-refractivity contribution is -0.00805. The Morgan fingerprint density at radius 3 is 2.81 bits per heavy atom. The van der Waals surface area contributed by atoms with E-state index in [0.29, 0.717) is 13.2 Å². The molecule has 0 saturated carbocycles. The van der Waals surface area contributed by atoms with Crippen molar-refractivity contribution in [2.45, 2.75) is 19.6 Å². The number of pyridine rings is 1. The van der Waals surface area contributed by atoms with Crippen LogP contribution in [0.5, 0.6) is 0 Å². The number of hydrogen-bond donors (Lipinski definition) is 1. The van der Waals surface area contributed by atoms with Crippen LogP contribution in [0.2, 0.25) is 0 Å². The minimum Gasteiger partial charge on any atom is -0.370 e. The zero-order valence-electron chi connectivity index (χ0n) is 18.9. The molecule has 2 aromatic heterocycles. The number of morpholine rings is 1. The quantitative estimate of drug-likeness (QED) is 0.567. The SMILES string of the molecule is CCNC(=NCc1ccnc(N2CCN(C)CC2)c1)N1CCOC(c2cnn(C)c2)C1. The zero-order valence-corrected chi connectivity index (χ0v) is 18.9. The van der Waals surface area contributed by atoms with Crippen LogP contribution in [0.4, 0.5) is 5.82 Å². The molecular formula is C22H34N8O. The molecule has 2 aromatic rings. The van der Waals surface area contributed by atoms with Crippen LogP contribution < -0.4 is 10.2 Å². The second-order valence-corrected chi connectivity index (χ2v) is 8.24. The van der Waals surface area contributed by atoms with E-state index >= 15 is 0 Å². The Bertz CT molecular complexity index is 874. The van der Waals surface area contributed by atoms with Gasteiger partial charge in [0.1, 0.15) is 11.9 Å². The number of hydrogen-bond acceptors (Lipinski definition) is 6. The highest BCUT2D eigenvalue weighted by molar-refractivity contribution is 5.80. The average Bonchev–Trinajstić information content (AvgIpc) is 3.24. The maximum absolute atomic E-state index is 5.99. The molecule has 0 radical (unpaired) electrons. The van der Waals surface area contributed by atoms with Crippen LogP contribution >= 0.6 is 0 Å². The molecule has 168 valence electrons. The van der Waals surface area contributed by atoms with E-state index in [-0.39, 0.29) is 6.10 Å². The Balaban J connectivity index is 1.43. The van der Waals surface area contributed by atoms with Gasteiger partial charge in [0.25, 0.3) is 0 Å². The summed E-state index contributed by atoms with van der Waals surface area (Å²) in [5.74, 6) is 1.98. The van der Waals surface area contributed by atoms with Crippen molar-refractivity contribution in [3.63, 3.8) is 0 Å². The summed E-state index contributed by atoms with van der Waals surface area (Å²) in [5, 5.41) is 7.74. The van der Waals surface area contributed by atoms with Crippen molar-refractivity contribution in [1.29, 1.82) is 0 Å². The van der Waals surface area contributed by atoms with Crippen molar-refractivity contribution in [3.8, 4) is 0 Å². The molecule has 0 amide bonds. The molecule has 1 unspecified atom stereocenters. The van der Waals surface area contributed by atoms with Gasteiger partial charge in [0.2, 0.25) is 0 Å². The fourth-order valence-corrected chi connectivity index (χ4v) is 4.01. The largest absolute Gasteiger partial charge is 0.370 e. The van der Waals surface area contributed by atoms with Gasteiger partial charge in [-0.2, -0.15) is 5.10 Å². The molecule has 0 aliphatic carbocycles. The minimum atomic E-state index is 0.0102. The lowest BCUT2D eigenvalue weighted by atomic mass is 10.1. The van der Waals surface area contributed by atoms with E-state index in [0.717, 1.165) is 63.2 Å². The molecule has 0 spiro atoms. The summed E-state index contributed by atoms with van der Waals surface area (Å²) in [4.78, 5) is 16.5. The van der Waals surface area contributed by atoms with Gasteiger partial charge in [-0.05, 0) is 31.7 Å². The first-order chi connectivity index (χ1) is 15.1. The molecule has 2 aliphatic heterocycles. The molecule has 9 heteroatoms. The molecule has 4 heterocycles. The van der Waals surface area contributed by atoms with Crippen LogP contribution in [-0.2, 0) is 18.3 Å². The molecular weight excluding hydrogens is 392 g/mol. The topological polar surface area (TPSA) is 74.1 Å². The van der Waals surface area contributed by atoms with Gasteiger partial charge in [0, 0.05) is 64.3 Å². The summed E-state index contributed by atoms with van der Waals surface area (Å²) in [6.45, 7) is 10.0. The minimum absolute atomic E-state index is 0.0102. The fraction of sp³-hybridized carbons (Fsp3) is 0.591. The van der Waals surface area contributed by atoms with E-state index in [9.17, 15) is 0 Å². The van der Waals surface area contributed by atoms with Crippen molar-refractivity contribution in [2.75, 3.05) is 64.4 Å². The summed E-state index contributed by atoms with van der Waals surface area (Å²) in [7, 11) is 4.10. The van der Waals surface area contributed by atoms with E-state index < -0.39 is 0 Å². The number of guanidine groups is 1. The van der Waals surface area contributed by atoms with Gasteiger partial charge in [0.15, 0.2) is 5.96 Å². The molecule has 0 aromatic carbocycles. The maximum atomic E-state index is 5.99. The molecule has 9 nitrogen and oxygen atoms in total. The van der Waals surface area contributed by atoms with Crippen LogP contribution in [0, 0.1) is 0 Å². The van der Waals surface area contributed by atoms with Crippen molar-refractivity contribution >= 4 is 11.8 Å². The van der Waals surface area contributed by atoms with E-state index in [1.807, 2.05) is 30.3 Å². The average molecular weight is 427 g/mol. The van der Waals surface area contributed by atoms with Crippen LogP contribution in [0.3, 0.4) is 0 Å². The molecule has 2 saturated heterocycles. The first-order valence-electron chi connectivity index (χ1n) is 11.1. The lowest BCUT2D eigenvalue weighted by Crippen LogP contribution is -2.48. The third kappa shape index (κ3) is 5.54. The standard InChI is InChI=1S/C22H34N8O/c1-4-23-22(30-11-12-31-20(17-30)19-15-26-28(3)16-19)25-14-18-5-6-24-21(13-18)29-9-7-27(2)8-10-29/h5-6,13,15-16,20H,4,7-12,14,17H2,1-3H3,(H,23,25). The van der Waals surface area contributed by atoms with Gasteiger partial charge in [-0.1, -0.05) is 0 Å². The number of nitrogens with zero attached hydrogens (tertiary/aromatic N) is 7. The number of aryl methyl sites for hydroxylation is 1. The van der Waals surface area contributed by atoms with E-state index in [1.54, 1.807) is 0 Å². The molecule has 1 atom stereocenters. The van der Waals surface area contributed by atoms with Gasteiger partial charge < -0.3 is 24.8 Å². The van der Waals surface area contributed by atoms with Gasteiger partial charge in [-0.3, -0.25) is 4.68 Å². The molecule has 2 aliphatic rings. The molecule has 2 fully saturated rings. The van der Waals surface area contributed by atoms with Crippen molar-refractivity contribution in [3.05, 3.63) is 41.9 Å². The number of nitrogens with one attached hydrogen (secondary N) is 1. The fourth-order valence-electron chi connectivity index (χ4n) is 4.01. The Kier molecular flexibility index (Phi) is 7.03. The van der Waals surface area contributed by atoms with Crippen molar-refractivity contribution in [2.24, 2.45) is 12.0 Å². The first-order valence-corrected chi connectivity index (χ1v) is 11.1. The third-order valence-electron chi connectivity index (χ3n) is 5.85. The van der Waals surface area contributed by atoms with E-state index in [1.165, 1.54) is 5.56 Å². The van der Waals surface area contributed by atoms with Crippen LogP contribution in [0.15, 0.2) is 35.7 Å². The first kappa shape index (κ1) is 21.6. The van der Waals surface area contributed by atoms with Crippen molar-refractivity contribution < 1.29 is 4.74 Å². The Labute approximate surface area is 184 Å².